The molecular weight excluding hydrogens is 388 g/mol. The van der Waals surface area contributed by atoms with E-state index in [9.17, 15) is 18.1 Å². The highest BCUT2D eigenvalue weighted by atomic mass is 32.2. The maximum atomic E-state index is 11.3. The summed E-state index contributed by atoms with van der Waals surface area (Å²) in [6.45, 7) is 2.23. The van der Waals surface area contributed by atoms with Crippen molar-refractivity contribution in [2.24, 2.45) is 0 Å². The average Bonchev–Trinajstić information content (AvgIpc) is 2.68. The molecule has 0 bridgehead atoms. The van der Waals surface area contributed by atoms with Crippen molar-refractivity contribution in [3.05, 3.63) is 48.0 Å². The summed E-state index contributed by atoms with van der Waals surface area (Å²) in [5.74, 6) is 0.393. The van der Waals surface area contributed by atoms with Crippen molar-refractivity contribution in [2.75, 3.05) is 0 Å². The Labute approximate surface area is 174 Å². The van der Waals surface area contributed by atoms with Crippen LogP contribution in [0.25, 0.3) is 0 Å². The summed E-state index contributed by atoms with van der Waals surface area (Å²) in [6, 6.07) is 11.0. The third-order valence-corrected chi connectivity index (χ3v) is 5.82. The van der Waals surface area contributed by atoms with Gasteiger partial charge in [0.25, 0.3) is 10.1 Å². The lowest BCUT2D eigenvalue weighted by molar-refractivity contribution is 0.406. The molecule has 0 saturated heterocycles. The maximum Gasteiger partial charge on any atom is 0.294 e. The van der Waals surface area contributed by atoms with Gasteiger partial charge in [-0.05, 0) is 36.6 Å². The van der Waals surface area contributed by atoms with Gasteiger partial charge in [0.2, 0.25) is 0 Å². The maximum absolute atomic E-state index is 11.3. The predicted octanol–water partition coefficient (Wildman–Crippen LogP) is 6.50. The lowest BCUT2D eigenvalue weighted by Crippen LogP contribution is -1.99. The van der Waals surface area contributed by atoms with Crippen LogP contribution in [0.3, 0.4) is 0 Å². The summed E-state index contributed by atoms with van der Waals surface area (Å²) in [5, 5.41) is 10.0. The highest BCUT2D eigenvalue weighted by molar-refractivity contribution is 7.85. The van der Waals surface area contributed by atoms with E-state index >= 15 is 0 Å². The average molecular weight is 421 g/mol. The molecule has 0 atom stereocenters. The molecule has 0 unspecified atom stereocenters. The van der Waals surface area contributed by atoms with Crippen LogP contribution in [0.15, 0.2) is 47.4 Å². The van der Waals surface area contributed by atoms with E-state index in [0.717, 1.165) is 37.0 Å². The van der Waals surface area contributed by atoms with Gasteiger partial charge in [-0.2, -0.15) is 8.42 Å². The second-order valence-corrected chi connectivity index (χ2v) is 8.81. The number of ether oxygens (including phenoxy) is 1. The fraction of sp³-hybridized carbons (Fsp3) is 0.478. The Kier molecular flexibility index (Phi) is 9.48. The topological polar surface area (TPSA) is 83.8 Å². The van der Waals surface area contributed by atoms with Gasteiger partial charge in [0, 0.05) is 6.07 Å². The van der Waals surface area contributed by atoms with Gasteiger partial charge in [0.15, 0.2) is 11.5 Å². The van der Waals surface area contributed by atoms with E-state index in [0.29, 0.717) is 5.75 Å². The fourth-order valence-corrected chi connectivity index (χ4v) is 3.79. The molecule has 0 amide bonds. The first-order chi connectivity index (χ1) is 13.9. The van der Waals surface area contributed by atoms with Crippen molar-refractivity contribution in [1.29, 1.82) is 0 Å². The minimum absolute atomic E-state index is 0.000320. The minimum atomic E-state index is -4.37. The summed E-state index contributed by atoms with van der Waals surface area (Å²) in [4.78, 5) is -0.318. The third kappa shape index (κ3) is 8.07. The standard InChI is InChI=1S/C23H32O5S/c1-2-3-4-5-6-7-8-9-10-13-19-14-11-12-15-22(19)28-23-18-20(29(25,26)27)16-17-21(23)24/h11-12,14-18,24H,2-10,13H2,1H3,(H,25,26,27). The molecule has 0 radical (unpaired) electrons. The zero-order valence-corrected chi connectivity index (χ0v) is 18.0. The summed E-state index contributed by atoms with van der Waals surface area (Å²) >= 11 is 0. The van der Waals surface area contributed by atoms with Crippen molar-refractivity contribution in [1.82, 2.24) is 0 Å². The number of hydrogen-bond acceptors (Lipinski definition) is 4. The largest absolute Gasteiger partial charge is 0.504 e. The molecule has 29 heavy (non-hydrogen) atoms. The smallest absolute Gasteiger partial charge is 0.294 e. The van der Waals surface area contributed by atoms with Crippen molar-refractivity contribution in [3.63, 3.8) is 0 Å². The number of rotatable bonds is 13. The number of phenolic OH excluding ortho intramolecular Hbond substituents is 1. The first kappa shape index (κ1) is 23.2. The van der Waals surface area contributed by atoms with Gasteiger partial charge in [-0.1, -0.05) is 76.5 Å². The Morgan fingerprint density at radius 1 is 0.828 bits per heavy atom. The van der Waals surface area contributed by atoms with Crippen LogP contribution in [0, 0.1) is 0 Å². The van der Waals surface area contributed by atoms with Gasteiger partial charge in [-0.3, -0.25) is 4.55 Å². The second-order valence-electron chi connectivity index (χ2n) is 7.39. The van der Waals surface area contributed by atoms with Gasteiger partial charge < -0.3 is 9.84 Å². The summed E-state index contributed by atoms with van der Waals surface area (Å²) in [6.07, 6.45) is 12.2. The number of para-hydroxylation sites is 1. The van der Waals surface area contributed by atoms with Crippen LogP contribution in [0.2, 0.25) is 0 Å². The van der Waals surface area contributed by atoms with Crippen LogP contribution in [-0.4, -0.2) is 18.1 Å². The van der Waals surface area contributed by atoms with Crippen molar-refractivity contribution < 1.29 is 22.8 Å². The molecule has 2 aromatic rings. The Morgan fingerprint density at radius 2 is 1.45 bits per heavy atom. The summed E-state index contributed by atoms with van der Waals surface area (Å²) < 4.78 is 37.7. The predicted molar refractivity (Wildman–Crippen MR) is 115 cm³/mol. The molecule has 160 valence electrons. The van der Waals surface area contributed by atoms with E-state index in [4.69, 9.17) is 4.74 Å². The van der Waals surface area contributed by atoms with Gasteiger partial charge in [-0.25, -0.2) is 0 Å². The molecule has 2 N–H and O–H groups in total. The molecule has 0 fully saturated rings. The Morgan fingerprint density at radius 3 is 2.10 bits per heavy atom. The normalized spacial score (nSPS) is 11.5. The van der Waals surface area contributed by atoms with Gasteiger partial charge >= 0.3 is 0 Å². The van der Waals surface area contributed by atoms with Crippen LogP contribution in [0.1, 0.15) is 70.3 Å². The van der Waals surface area contributed by atoms with E-state index in [2.05, 4.69) is 6.92 Å². The summed E-state index contributed by atoms with van der Waals surface area (Å²) in [5.41, 5.74) is 1.01. The zero-order chi connectivity index (χ0) is 21.1. The molecule has 6 heteroatoms. The van der Waals surface area contributed by atoms with E-state index < -0.39 is 10.1 Å². The van der Waals surface area contributed by atoms with Gasteiger partial charge in [0.1, 0.15) is 5.75 Å². The van der Waals surface area contributed by atoms with Gasteiger partial charge in [0.05, 0.1) is 4.90 Å². The van der Waals surface area contributed by atoms with E-state index in [1.54, 1.807) is 6.07 Å². The number of phenols is 1. The van der Waals surface area contributed by atoms with Crippen molar-refractivity contribution >= 4 is 10.1 Å². The molecule has 2 rings (SSSR count). The SMILES string of the molecule is CCCCCCCCCCCc1ccccc1Oc1cc(S(=O)(=O)O)ccc1O. The molecule has 0 saturated carbocycles. The van der Waals surface area contributed by atoms with E-state index in [-0.39, 0.29) is 16.4 Å². The Bertz CT molecular complexity index is 861. The zero-order valence-electron chi connectivity index (χ0n) is 17.1. The highest BCUT2D eigenvalue weighted by Crippen LogP contribution is 2.34. The Balaban J connectivity index is 1.89. The molecule has 0 aliphatic carbocycles. The number of benzene rings is 2. The molecular formula is C23H32O5S. The fourth-order valence-electron chi connectivity index (χ4n) is 3.29. The van der Waals surface area contributed by atoms with Crippen molar-refractivity contribution in [3.8, 4) is 17.2 Å². The summed E-state index contributed by atoms with van der Waals surface area (Å²) in [7, 11) is -4.37. The highest BCUT2D eigenvalue weighted by Gasteiger charge is 2.15. The van der Waals surface area contributed by atoms with Crippen LogP contribution in [0.5, 0.6) is 17.2 Å². The lowest BCUT2D eigenvalue weighted by atomic mass is 10.0. The monoisotopic (exact) mass is 420 g/mol. The molecule has 5 nitrogen and oxygen atoms in total. The Hall–Kier alpha value is -2.05. The number of aromatic hydroxyl groups is 1. The van der Waals surface area contributed by atoms with Crippen LogP contribution >= 0.6 is 0 Å². The van der Waals surface area contributed by atoms with E-state index in [1.807, 2.05) is 18.2 Å². The first-order valence-corrected chi connectivity index (χ1v) is 11.9. The minimum Gasteiger partial charge on any atom is -0.504 e. The van der Waals surface area contributed by atoms with Crippen LogP contribution < -0.4 is 4.74 Å². The quantitative estimate of drug-likeness (QED) is 0.285. The molecule has 0 aliphatic heterocycles. The number of hydrogen-bond donors (Lipinski definition) is 2. The lowest BCUT2D eigenvalue weighted by Gasteiger charge is -2.13. The molecule has 0 aliphatic rings. The second kappa shape index (κ2) is 11.8. The molecule has 2 aromatic carbocycles. The molecule has 0 heterocycles. The molecule has 0 spiro atoms. The third-order valence-electron chi connectivity index (χ3n) is 4.97. The first-order valence-electron chi connectivity index (χ1n) is 10.5. The van der Waals surface area contributed by atoms with Crippen LogP contribution in [-0.2, 0) is 16.5 Å². The van der Waals surface area contributed by atoms with Crippen LogP contribution in [0.4, 0.5) is 0 Å². The number of unbranched alkanes of at least 4 members (excludes halogenated alkanes) is 8. The van der Waals surface area contributed by atoms with Gasteiger partial charge in [-0.15, -0.1) is 0 Å². The molecule has 0 aromatic heterocycles. The number of aryl methyl sites for hydroxylation is 1. The van der Waals surface area contributed by atoms with E-state index in [1.165, 1.54) is 51.0 Å². The van der Waals surface area contributed by atoms with Crippen molar-refractivity contribution in [2.45, 2.75) is 76.0 Å².